The Kier molecular flexibility index (Phi) is 6.41. The van der Waals surface area contributed by atoms with E-state index in [0.29, 0.717) is 13.2 Å². The molecule has 2 aromatic rings. The van der Waals surface area contributed by atoms with Crippen molar-refractivity contribution in [2.75, 3.05) is 31.6 Å². The number of sulfonamides is 1. The first kappa shape index (κ1) is 22.2. The van der Waals surface area contributed by atoms with Crippen molar-refractivity contribution in [3.8, 4) is 0 Å². The number of morpholine rings is 1. The predicted octanol–water partition coefficient (Wildman–Crippen LogP) is 1.72. The number of anilines is 1. The lowest BCUT2D eigenvalue weighted by atomic mass is 10.3. The van der Waals surface area contributed by atoms with Gasteiger partial charge < -0.3 is 10.1 Å². The van der Waals surface area contributed by atoms with Gasteiger partial charge in [-0.3, -0.25) is 19.6 Å². The van der Waals surface area contributed by atoms with Crippen LogP contribution in [-0.2, 0) is 26.1 Å². The van der Waals surface area contributed by atoms with Crippen molar-refractivity contribution in [1.82, 2.24) is 14.1 Å². The van der Waals surface area contributed by atoms with E-state index >= 15 is 0 Å². The second kappa shape index (κ2) is 8.68. The standard InChI is InChI=1S/C17H20ClN5O6S/c1-11-17(23(25)26)12(2)22(20-11)10-16(24)19-13-3-4-14(18)15(9-13)30(27,28)21-5-7-29-8-6-21/h3-4,9H,5-8,10H2,1-2H3,(H,19,24). The fraction of sp³-hybridized carbons (Fsp3) is 0.412. The van der Waals surface area contributed by atoms with Gasteiger partial charge in [-0.25, -0.2) is 8.42 Å². The highest BCUT2D eigenvalue weighted by Crippen LogP contribution is 2.28. The number of nitrogens with zero attached hydrogens (tertiary/aromatic N) is 4. The van der Waals surface area contributed by atoms with Gasteiger partial charge in [0.05, 0.1) is 23.2 Å². The minimum atomic E-state index is -3.85. The van der Waals surface area contributed by atoms with Crippen LogP contribution in [0, 0.1) is 24.0 Å². The summed E-state index contributed by atoms with van der Waals surface area (Å²) in [6.45, 7) is 3.74. The molecule has 13 heteroatoms. The zero-order chi connectivity index (χ0) is 22.1. The van der Waals surface area contributed by atoms with Crippen LogP contribution in [0.25, 0.3) is 0 Å². The Hall–Kier alpha value is -2.54. The van der Waals surface area contributed by atoms with E-state index in [0.717, 1.165) is 0 Å². The predicted molar refractivity (Wildman–Crippen MR) is 108 cm³/mol. The first-order valence-corrected chi connectivity index (χ1v) is 10.8. The molecule has 0 radical (unpaired) electrons. The fourth-order valence-electron chi connectivity index (χ4n) is 3.15. The highest BCUT2D eigenvalue weighted by molar-refractivity contribution is 7.89. The number of halogens is 1. The minimum Gasteiger partial charge on any atom is -0.379 e. The van der Waals surface area contributed by atoms with Gasteiger partial charge >= 0.3 is 5.69 Å². The summed E-state index contributed by atoms with van der Waals surface area (Å²) in [6, 6.07) is 4.15. The van der Waals surface area contributed by atoms with Gasteiger partial charge in [-0.1, -0.05) is 11.6 Å². The van der Waals surface area contributed by atoms with Gasteiger partial charge in [-0.2, -0.15) is 9.40 Å². The van der Waals surface area contributed by atoms with Crippen molar-refractivity contribution < 1.29 is 22.9 Å². The van der Waals surface area contributed by atoms with E-state index in [2.05, 4.69) is 10.4 Å². The Labute approximate surface area is 177 Å². The van der Waals surface area contributed by atoms with Crippen molar-refractivity contribution in [1.29, 1.82) is 0 Å². The summed E-state index contributed by atoms with van der Waals surface area (Å²) in [5, 5.41) is 17.7. The molecule has 1 fully saturated rings. The zero-order valence-corrected chi connectivity index (χ0v) is 17.9. The van der Waals surface area contributed by atoms with Crippen LogP contribution in [0.1, 0.15) is 11.4 Å². The van der Waals surface area contributed by atoms with Crippen LogP contribution in [0.5, 0.6) is 0 Å². The molecule has 2 heterocycles. The third-order valence-corrected chi connectivity index (χ3v) is 7.00. The molecule has 30 heavy (non-hydrogen) atoms. The normalized spacial score (nSPS) is 15.2. The summed E-state index contributed by atoms with van der Waals surface area (Å²) in [5.41, 5.74) is 0.537. The topological polar surface area (TPSA) is 137 Å². The molecule has 0 bridgehead atoms. The number of carbonyl (C=O) groups is 1. The van der Waals surface area contributed by atoms with Gasteiger partial charge in [0, 0.05) is 18.8 Å². The van der Waals surface area contributed by atoms with Crippen LogP contribution in [0.2, 0.25) is 5.02 Å². The summed E-state index contributed by atoms with van der Waals surface area (Å²) in [4.78, 5) is 22.9. The van der Waals surface area contributed by atoms with E-state index in [9.17, 15) is 23.3 Å². The van der Waals surface area contributed by atoms with E-state index in [1.165, 1.54) is 41.0 Å². The second-order valence-corrected chi connectivity index (χ2v) is 8.96. The Bertz CT molecular complexity index is 1090. The molecule has 1 aliphatic rings. The average Bonchev–Trinajstić information content (AvgIpc) is 2.97. The number of hydrogen-bond donors (Lipinski definition) is 1. The lowest BCUT2D eigenvalue weighted by molar-refractivity contribution is -0.386. The summed E-state index contributed by atoms with van der Waals surface area (Å²) in [7, 11) is -3.85. The monoisotopic (exact) mass is 457 g/mol. The molecule has 0 saturated carbocycles. The van der Waals surface area contributed by atoms with Crippen LogP contribution in [-0.4, -0.2) is 59.6 Å². The number of benzene rings is 1. The number of nitrogens with one attached hydrogen (secondary N) is 1. The lowest BCUT2D eigenvalue weighted by Crippen LogP contribution is -2.40. The molecule has 0 unspecified atom stereocenters. The molecule has 0 spiro atoms. The highest BCUT2D eigenvalue weighted by Gasteiger charge is 2.29. The number of ether oxygens (including phenoxy) is 1. The quantitative estimate of drug-likeness (QED) is 0.515. The number of aryl methyl sites for hydroxylation is 1. The van der Waals surface area contributed by atoms with Crippen LogP contribution < -0.4 is 5.32 Å². The van der Waals surface area contributed by atoms with Gasteiger partial charge in [0.2, 0.25) is 15.9 Å². The molecular weight excluding hydrogens is 438 g/mol. The summed E-state index contributed by atoms with van der Waals surface area (Å²) < 4.78 is 33.4. The number of hydrogen-bond acceptors (Lipinski definition) is 7. The van der Waals surface area contributed by atoms with Crippen molar-refractivity contribution in [3.63, 3.8) is 0 Å². The maximum atomic E-state index is 12.9. The first-order valence-electron chi connectivity index (χ1n) is 8.97. The molecular formula is C17H20ClN5O6S. The summed E-state index contributed by atoms with van der Waals surface area (Å²) >= 11 is 6.11. The third kappa shape index (κ3) is 4.46. The third-order valence-electron chi connectivity index (χ3n) is 4.62. The average molecular weight is 458 g/mol. The first-order chi connectivity index (χ1) is 14.1. The number of aromatic nitrogens is 2. The molecule has 3 rings (SSSR count). The van der Waals surface area contributed by atoms with Gasteiger partial charge in [0.25, 0.3) is 0 Å². The Balaban J connectivity index is 1.79. The second-order valence-electron chi connectivity index (χ2n) is 6.64. The Morgan fingerprint density at radius 3 is 2.60 bits per heavy atom. The molecule has 1 N–H and O–H groups in total. The van der Waals surface area contributed by atoms with Crippen LogP contribution >= 0.6 is 11.6 Å². The SMILES string of the molecule is Cc1nn(CC(=O)Nc2ccc(Cl)c(S(=O)(=O)N3CCOCC3)c2)c(C)c1[N+](=O)[O-]. The molecule has 1 aromatic carbocycles. The number of nitro groups is 1. The van der Waals surface area contributed by atoms with E-state index in [4.69, 9.17) is 16.3 Å². The number of carbonyl (C=O) groups excluding carboxylic acids is 1. The Morgan fingerprint density at radius 1 is 1.33 bits per heavy atom. The molecule has 0 aliphatic carbocycles. The van der Waals surface area contributed by atoms with Gasteiger partial charge in [-0.15, -0.1) is 0 Å². The molecule has 1 saturated heterocycles. The largest absolute Gasteiger partial charge is 0.379 e. The molecule has 162 valence electrons. The van der Waals surface area contributed by atoms with Crippen molar-refractivity contribution >= 4 is 38.9 Å². The fourth-order valence-corrected chi connectivity index (χ4v) is 5.06. The molecule has 11 nitrogen and oxygen atoms in total. The minimum absolute atomic E-state index is 0.0358. The van der Waals surface area contributed by atoms with E-state index in [-0.39, 0.29) is 52.3 Å². The van der Waals surface area contributed by atoms with E-state index in [1.54, 1.807) is 0 Å². The maximum absolute atomic E-state index is 12.9. The maximum Gasteiger partial charge on any atom is 0.312 e. The van der Waals surface area contributed by atoms with Crippen molar-refractivity contribution in [3.05, 3.63) is 44.7 Å². The lowest BCUT2D eigenvalue weighted by Gasteiger charge is -2.26. The summed E-state index contributed by atoms with van der Waals surface area (Å²) in [5.74, 6) is -0.521. The van der Waals surface area contributed by atoms with Crippen LogP contribution in [0.15, 0.2) is 23.1 Å². The number of rotatable bonds is 6. The molecule has 1 amide bonds. The molecule has 1 aliphatic heterocycles. The van der Waals surface area contributed by atoms with Crippen LogP contribution in [0.4, 0.5) is 11.4 Å². The molecule has 1 aromatic heterocycles. The van der Waals surface area contributed by atoms with Crippen LogP contribution in [0.3, 0.4) is 0 Å². The van der Waals surface area contributed by atoms with Crippen molar-refractivity contribution in [2.45, 2.75) is 25.3 Å². The number of amides is 1. The van der Waals surface area contributed by atoms with Gasteiger partial charge in [0.15, 0.2) is 0 Å². The van der Waals surface area contributed by atoms with Gasteiger partial charge in [0.1, 0.15) is 22.8 Å². The Morgan fingerprint density at radius 2 is 2.00 bits per heavy atom. The summed E-state index contributed by atoms with van der Waals surface area (Å²) in [6.07, 6.45) is 0. The smallest absolute Gasteiger partial charge is 0.312 e. The highest BCUT2D eigenvalue weighted by atomic mass is 35.5. The zero-order valence-electron chi connectivity index (χ0n) is 16.3. The van der Waals surface area contributed by atoms with E-state index < -0.39 is 20.9 Å². The van der Waals surface area contributed by atoms with E-state index in [1.807, 2.05) is 0 Å². The van der Waals surface area contributed by atoms with Gasteiger partial charge in [-0.05, 0) is 32.0 Å². The van der Waals surface area contributed by atoms with Crippen molar-refractivity contribution in [2.24, 2.45) is 0 Å². The molecule has 0 atom stereocenters.